The average molecular weight is 350 g/mol. The number of halogens is 2. The first-order valence-electron chi connectivity index (χ1n) is 7.84. The van der Waals surface area contributed by atoms with Gasteiger partial charge in [-0.1, -0.05) is 6.92 Å². The fourth-order valence-corrected chi connectivity index (χ4v) is 4.62. The van der Waals surface area contributed by atoms with E-state index in [1.165, 1.54) is 28.2 Å². The minimum atomic E-state index is -2.68. The van der Waals surface area contributed by atoms with E-state index >= 15 is 0 Å². The molecule has 3 heterocycles. The van der Waals surface area contributed by atoms with Crippen molar-refractivity contribution < 1.29 is 8.78 Å². The third-order valence-corrected chi connectivity index (χ3v) is 5.72. The summed E-state index contributed by atoms with van der Waals surface area (Å²) in [5.74, 6) is 0.761. The Balaban J connectivity index is 1.79. The Hall–Kier alpha value is -2.09. The maximum Gasteiger partial charge on any atom is 0.319 e. The van der Waals surface area contributed by atoms with Crippen molar-refractivity contribution in [2.75, 3.05) is 0 Å². The SMILES string of the molecule is CC1CCc2c(sc3ncn(Cc4nccn4C(F)F)c(=O)c23)C1. The lowest BCUT2D eigenvalue weighted by Gasteiger charge is -2.17. The van der Waals surface area contributed by atoms with E-state index in [-0.39, 0.29) is 17.9 Å². The maximum absolute atomic E-state index is 13.0. The summed E-state index contributed by atoms with van der Waals surface area (Å²) >= 11 is 1.58. The van der Waals surface area contributed by atoms with Crippen LogP contribution in [0.25, 0.3) is 10.2 Å². The molecule has 0 amide bonds. The van der Waals surface area contributed by atoms with Gasteiger partial charge in [-0.2, -0.15) is 8.78 Å². The van der Waals surface area contributed by atoms with Crippen LogP contribution in [0.1, 0.15) is 36.2 Å². The molecular formula is C16H16F2N4OS. The van der Waals surface area contributed by atoms with E-state index in [9.17, 15) is 13.6 Å². The van der Waals surface area contributed by atoms with Gasteiger partial charge in [-0.25, -0.2) is 9.97 Å². The Labute approximate surface area is 140 Å². The second-order valence-corrected chi connectivity index (χ2v) is 7.32. The highest BCUT2D eigenvalue weighted by molar-refractivity contribution is 7.18. The second kappa shape index (κ2) is 5.77. The molecule has 0 aliphatic heterocycles. The van der Waals surface area contributed by atoms with Gasteiger partial charge in [0.15, 0.2) is 0 Å². The topological polar surface area (TPSA) is 52.7 Å². The zero-order valence-corrected chi connectivity index (χ0v) is 13.9. The number of imidazole rings is 1. The van der Waals surface area contributed by atoms with Gasteiger partial charge in [-0.15, -0.1) is 11.3 Å². The molecule has 1 atom stereocenters. The van der Waals surface area contributed by atoms with Crippen LogP contribution < -0.4 is 5.56 Å². The number of hydrogen-bond acceptors (Lipinski definition) is 4. The Morgan fingerprint density at radius 3 is 3.04 bits per heavy atom. The van der Waals surface area contributed by atoms with Crippen LogP contribution in [0, 0.1) is 5.92 Å². The summed E-state index contributed by atoms with van der Waals surface area (Å²) in [7, 11) is 0. The number of aryl methyl sites for hydroxylation is 1. The number of alkyl halides is 2. The first-order valence-corrected chi connectivity index (χ1v) is 8.65. The summed E-state index contributed by atoms with van der Waals surface area (Å²) in [5, 5.41) is 0.652. The van der Waals surface area contributed by atoms with Gasteiger partial charge < -0.3 is 0 Å². The molecule has 1 unspecified atom stereocenters. The summed E-state index contributed by atoms with van der Waals surface area (Å²) in [6.07, 6.45) is 6.87. The van der Waals surface area contributed by atoms with E-state index in [1.54, 1.807) is 11.3 Å². The number of nitrogens with zero attached hydrogens (tertiary/aromatic N) is 4. The minimum Gasteiger partial charge on any atom is -0.291 e. The lowest BCUT2D eigenvalue weighted by Crippen LogP contribution is -2.23. The summed E-state index contributed by atoms with van der Waals surface area (Å²) in [4.78, 5) is 23.2. The highest BCUT2D eigenvalue weighted by Gasteiger charge is 2.23. The molecule has 0 saturated carbocycles. The zero-order valence-electron chi connectivity index (χ0n) is 13.1. The number of aromatic nitrogens is 4. The minimum absolute atomic E-state index is 0.0138. The van der Waals surface area contributed by atoms with Crippen LogP contribution in [0.2, 0.25) is 0 Å². The first-order chi connectivity index (χ1) is 11.5. The second-order valence-electron chi connectivity index (χ2n) is 6.24. The predicted octanol–water partition coefficient (Wildman–Crippen LogP) is 3.22. The summed E-state index contributed by atoms with van der Waals surface area (Å²) in [5.41, 5.74) is 0.924. The highest BCUT2D eigenvalue weighted by atomic mass is 32.1. The van der Waals surface area contributed by atoms with Gasteiger partial charge in [0, 0.05) is 17.3 Å². The highest BCUT2D eigenvalue weighted by Crippen LogP contribution is 2.35. The van der Waals surface area contributed by atoms with Gasteiger partial charge in [0.05, 0.1) is 18.3 Å². The Morgan fingerprint density at radius 1 is 1.42 bits per heavy atom. The Morgan fingerprint density at radius 2 is 2.25 bits per heavy atom. The average Bonchev–Trinajstić information content (AvgIpc) is 3.13. The van der Waals surface area contributed by atoms with Gasteiger partial charge in [0.1, 0.15) is 10.7 Å². The normalized spacial score (nSPS) is 17.6. The van der Waals surface area contributed by atoms with Crippen molar-refractivity contribution in [3.63, 3.8) is 0 Å². The number of thiophene rings is 1. The molecule has 8 heteroatoms. The van der Waals surface area contributed by atoms with Crippen LogP contribution in [0.4, 0.5) is 8.78 Å². The maximum atomic E-state index is 13.0. The van der Waals surface area contributed by atoms with Crippen molar-refractivity contribution in [1.29, 1.82) is 0 Å². The van der Waals surface area contributed by atoms with Crippen molar-refractivity contribution >= 4 is 21.6 Å². The Kier molecular flexibility index (Phi) is 3.71. The lowest BCUT2D eigenvalue weighted by atomic mass is 9.89. The fraction of sp³-hybridized carbons (Fsp3) is 0.438. The van der Waals surface area contributed by atoms with Crippen molar-refractivity contribution in [3.05, 3.63) is 45.3 Å². The monoisotopic (exact) mass is 350 g/mol. The molecule has 4 rings (SSSR count). The standard InChI is InChI=1S/C16H16F2N4OS/c1-9-2-3-10-11(6-9)24-14-13(10)15(23)21(8-20-14)7-12-19-4-5-22(12)16(17)18/h4-5,8-9,16H,2-3,6-7H2,1H3. The van der Waals surface area contributed by atoms with Crippen LogP contribution in [-0.2, 0) is 19.4 Å². The fourth-order valence-electron chi connectivity index (χ4n) is 3.28. The summed E-state index contributed by atoms with van der Waals surface area (Å²) in [6.45, 7) is -0.478. The van der Waals surface area contributed by atoms with E-state index in [2.05, 4.69) is 16.9 Å². The molecule has 0 spiro atoms. The molecule has 1 aliphatic carbocycles. The molecule has 3 aromatic rings. The lowest BCUT2D eigenvalue weighted by molar-refractivity contribution is 0.0666. The molecule has 24 heavy (non-hydrogen) atoms. The molecule has 0 saturated heterocycles. The quantitative estimate of drug-likeness (QED) is 0.729. The molecule has 1 aliphatic rings. The summed E-state index contributed by atoms with van der Waals surface area (Å²) in [6, 6.07) is 0. The molecule has 0 bridgehead atoms. The van der Waals surface area contributed by atoms with Gasteiger partial charge in [0.2, 0.25) is 0 Å². The van der Waals surface area contributed by atoms with E-state index < -0.39 is 6.55 Å². The van der Waals surface area contributed by atoms with E-state index in [0.29, 0.717) is 11.3 Å². The first kappa shape index (κ1) is 15.4. The molecule has 0 radical (unpaired) electrons. The van der Waals surface area contributed by atoms with Crippen LogP contribution in [0.15, 0.2) is 23.5 Å². The van der Waals surface area contributed by atoms with Gasteiger partial charge >= 0.3 is 6.55 Å². The van der Waals surface area contributed by atoms with E-state index in [1.807, 2.05) is 0 Å². The molecule has 0 fully saturated rings. The number of fused-ring (bicyclic) bond motifs is 3. The van der Waals surface area contributed by atoms with Gasteiger partial charge in [-0.05, 0) is 30.7 Å². The number of rotatable bonds is 3. The van der Waals surface area contributed by atoms with E-state index in [0.717, 1.165) is 34.2 Å². The third-order valence-electron chi connectivity index (χ3n) is 4.55. The van der Waals surface area contributed by atoms with Gasteiger partial charge in [-0.3, -0.25) is 13.9 Å². The zero-order chi connectivity index (χ0) is 16.8. The molecule has 126 valence electrons. The number of hydrogen-bond donors (Lipinski definition) is 0. The van der Waals surface area contributed by atoms with Crippen molar-refractivity contribution in [1.82, 2.24) is 19.1 Å². The van der Waals surface area contributed by atoms with Gasteiger partial charge in [0.25, 0.3) is 5.56 Å². The van der Waals surface area contributed by atoms with Crippen LogP contribution in [0.5, 0.6) is 0 Å². The van der Waals surface area contributed by atoms with Crippen molar-refractivity contribution in [2.45, 2.75) is 39.3 Å². The molecule has 0 N–H and O–H groups in total. The third kappa shape index (κ3) is 2.45. The largest absolute Gasteiger partial charge is 0.319 e. The Bertz CT molecular complexity index is 959. The molecule has 5 nitrogen and oxygen atoms in total. The summed E-state index contributed by atoms with van der Waals surface area (Å²) < 4.78 is 28.0. The molecule has 0 aromatic carbocycles. The van der Waals surface area contributed by atoms with Crippen molar-refractivity contribution in [3.8, 4) is 0 Å². The van der Waals surface area contributed by atoms with Crippen LogP contribution in [0.3, 0.4) is 0 Å². The predicted molar refractivity (Wildman–Crippen MR) is 87.7 cm³/mol. The molecular weight excluding hydrogens is 334 g/mol. The van der Waals surface area contributed by atoms with Crippen LogP contribution >= 0.6 is 11.3 Å². The van der Waals surface area contributed by atoms with E-state index in [4.69, 9.17) is 0 Å². The molecule has 3 aromatic heterocycles. The smallest absolute Gasteiger partial charge is 0.291 e. The van der Waals surface area contributed by atoms with Crippen molar-refractivity contribution in [2.24, 2.45) is 5.92 Å². The van der Waals surface area contributed by atoms with Crippen LogP contribution in [-0.4, -0.2) is 19.1 Å².